The van der Waals surface area contributed by atoms with Crippen molar-refractivity contribution in [3.8, 4) is 16.9 Å². The third-order valence-corrected chi connectivity index (χ3v) is 3.60. The van der Waals surface area contributed by atoms with E-state index in [0.717, 1.165) is 22.5 Å². The largest absolute Gasteiger partial charge is 0.493 e. The van der Waals surface area contributed by atoms with Gasteiger partial charge in [0.2, 0.25) is 5.91 Å². The van der Waals surface area contributed by atoms with Gasteiger partial charge in [-0.2, -0.15) is 0 Å². The number of ether oxygens (including phenoxy) is 1. The van der Waals surface area contributed by atoms with E-state index in [9.17, 15) is 4.79 Å². The summed E-state index contributed by atoms with van der Waals surface area (Å²) in [6.45, 7) is 3.43. The van der Waals surface area contributed by atoms with E-state index in [1.165, 1.54) is 6.92 Å². The predicted octanol–water partition coefficient (Wildman–Crippen LogP) is 2.25. The third-order valence-electron chi connectivity index (χ3n) is 3.60. The average molecular weight is 311 g/mol. The van der Waals surface area contributed by atoms with Gasteiger partial charge in [-0.3, -0.25) is 4.79 Å². The molecule has 0 saturated heterocycles. The van der Waals surface area contributed by atoms with Crippen molar-refractivity contribution in [3.63, 3.8) is 0 Å². The van der Waals surface area contributed by atoms with Gasteiger partial charge in [-0.05, 0) is 25.1 Å². The van der Waals surface area contributed by atoms with Crippen LogP contribution in [-0.2, 0) is 4.79 Å². The number of nitrogens with zero attached hydrogens (tertiary/aromatic N) is 3. The van der Waals surface area contributed by atoms with E-state index >= 15 is 0 Å². The molecule has 23 heavy (non-hydrogen) atoms. The number of carbonyl (C=O) groups excluding carboxylic acids is 1. The van der Waals surface area contributed by atoms with Crippen LogP contribution in [0.1, 0.15) is 12.6 Å². The molecule has 0 aliphatic carbocycles. The average Bonchev–Trinajstić information content (AvgIpc) is 2.91. The Morgan fingerprint density at radius 3 is 2.87 bits per heavy atom. The summed E-state index contributed by atoms with van der Waals surface area (Å²) in [4.78, 5) is 19.7. The number of imidazole rings is 1. The molecule has 0 fully saturated rings. The number of carbonyl (C=O) groups is 1. The molecule has 0 spiro atoms. The number of aromatic nitrogens is 3. The summed E-state index contributed by atoms with van der Waals surface area (Å²) in [7, 11) is 1.56. The molecule has 0 bridgehead atoms. The van der Waals surface area contributed by atoms with Crippen LogP contribution in [0.5, 0.6) is 5.75 Å². The molecule has 0 aliphatic rings. The smallest absolute Gasteiger partial charge is 0.222 e. The molecule has 3 aromatic heterocycles. The van der Waals surface area contributed by atoms with Gasteiger partial charge >= 0.3 is 0 Å². The summed E-state index contributed by atoms with van der Waals surface area (Å²) in [5.41, 5.74) is 9.37. The quantitative estimate of drug-likeness (QED) is 0.773. The van der Waals surface area contributed by atoms with E-state index < -0.39 is 0 Å². The van der Waals surface area contributed by atoms with Crippen molar-refractivity contribution in [3.05, 3.63) is 36.3 Å². The van der Waals surface area contributed by atoms with Gasteiger partial charge in [0, 0.05) is 29.9 Å². The Morgan fingerprint density at radius 1 is 1.39 bits per heavy atom. The number of fused-ring (bicyclic) bond motifs is 1. The fourth-order valence-electron chi connectivity index (χ4n) is 2.50. The molecule has 3 heterocycles. The van der Waals surface area contributed by atoms with Gasteiger partial charge in [0.05, 0.1) is 13.3 Å². The first kappa shape index (κ1) is 14.8. The molecule has 0 aliphatic heterocycles. The second-order valence-corrected chi connectivity index (χ2v) is 5.18. The van der Waals surface area contributed by atoms with E-state index in [4.69, 9.17) is 10.5 Å². The number of anilines is 2. The number of aryl methyl sites for hydroxylation is 1. The molecule has 118 valence electrons. The van der Waals surface area contributed by atoms with Crippen LogP contribution in [0.4, 0.5) is 11.6 Å². The van der Waals surface area contributed by atoms with Gasteiger partial charge in [-0.25, -0.2) is 9.97 Å². The number of nitrogen functional groups attached to an aromatic ring is 1. The maximum absolute atomic E-state index is 11.2. The Balaban J connectivity index is 2.11. The standard InChI is InChI=1S/C16H17N5O2/c1-9-12(11-6-13(23-3)16(17)18-7-11)4-5-15-20-14(8-21(9)15)19-10(2)22/h4-8H,1-3H3,(H2,17,18)(H,19,22). The highest BCUT2D eigenvalue weighted by Gasteiger charge is 2.11. The normalized spacial score (nSPS) is 10.7. The monoisotopic (exact) mass is 311 g/mol. The van der Waals surface area contributed by atoms with Crippen molar-refractivity contribution in [2.45, 2.75) is 13.8 Å². The first-order valence-electron chi connectivity index (χ1n) is 7.05. The first-order valence-corrected chi connectivity index (χ1v) is 7.05. The maximum atomic E-state index is 11.2. The highest BCUT2D eigenvalue weighted by atomic mass is 16.5. The van der Waals surface area contributed by atoms with E-state index in [-0.39, 0.29) is 5.91 Å². The molecule has 0 aromatic carbocycles. The van der Waals surface area contributed by atoms with Crippen molar-refractivity contribution in [1.82, 2.24) is 14.4 Å². The van der Waals surface area contributed by atoms with Crippen LogP contribution in [0.2, 0.25) is 0 Å². The van der Waals surface area contributed by atoms with Gasteiger partial charge in [0.25, 0.3) is 0 Å². The lowest BCUT2D eigenvalue weighted by Crippen LogP contribution is -2.05. The molecule has 1 amide bonds. The summed E-state index contributed by atoms with van der Waals surface area (Å²) in [6.07, 6.45) is 3.50. The zero-order valence-corrected chi connectivity index (χ0v) is 13.1. The van der Waals surface area contributed by atoms with E-state index in [1.807, 2.05) is 29.5 Å². The van der Waals surface area contributed by atoms with Crippen LogP contribution in [0, 0.1) is 6.92 Å². The molecule has 3 rings (SSSR count). The molecule has 3 aromatic rings. The molecule has 0 radical (unpaired) electrons. The van der Waals surface area contributed by atoms with Gasteiger partial charge < -0.3 is 20.2 Å². The van der Waals surface area contributed by atoms with Crippen LogP contribution < -0.4 is 15.8 Å². The van der Waals surface area contributed by atoms with Crippen LogP contribution in [-0.4, -0.2) is 27.4 Å². The third kappa shape index (κ3) is 2.68. The lowest BCUT2D eigenvalue weighted by molar-refractivity contribution is -0.114. The van der Waals surface area contributed by atoms with Crippen molar-refractivity contribution in [2.24, 2.45) is 0 Å². The van der Waals surface area contributed by atoms with Crippen molar-refractivity contribution in [2.75, 3.05) is 18.2 Å². The zero-order valence-electron chi connectivity index (χ0n) is 13.1. The maximum Gasteiger partial charge on any atom is 0.222 e. The van der Waals surface area contributed by atoms with Gasteiger partial charge in [-0.15, -0.1) is 0 Å². The topological polar surface area (TPSA) is 94.5 Å². The Hall–Kier alpha value is -3.09. The number of nitrogens with two attached hydrogens (primary N) is 1. The van der Waals surface area contributed by atoms with Crippen LogP contribution in [0.25, 0.3) is 16.8 Å². The lowest BCUT2D eigenvalue weighted by Gasteiger charge is -2.10. The number of hydrogen-bond acceptors (Lipinski definition) is 5. The Morgan fingerprint density at radius 2 is 2.17 bits per heavy atom. The number of hydrogen-bond donors (Lipinski definition) is 2. The zero-order chi connectivity index (χ0) is 16.6. The number of nitrogens with one attached hydrogen (secondary N) is 1. The molecule has 0 atom stereocenters. The highest BCUT2D eigenvalue weighted by molar-refractivity contribution is 5.88. The highest BCUT2D eigenvalue weighted by Crippen LogP contribution is 2.29. The Bertz CT molecular complexity index is 901. The Kier molecular flexibility index (Phi) is 3.61. The summed E-state index contributed by atoms with van der Waals surface area (Å²) in [5, 5.41) is 2.69. The molecule has 7 nitrogen and oxygen atoms in total. The minimum Gasteiger partial charge on any atom is -0.493 e. The van der Waals surface area contributed by atoms with Crippen molar-refractivity contribution in [1.29, 1.82) is 0 Å². The number of pyridine rings is 2. The second-order valence-electron chi connectivity index (χ2n) is 5.18. The lowest BCUT2D eigenvalue weighted by atomic mass is 10.1. The second kappa shape index (κ2) is 5.60. The van der Waals surface area contributed by atoms with Crippen molar-refractivity contribution < 1.29 is 9.53 Å². The summed E-state index contributed by atoms with van der Waals surface area (Å²) >= 11 is 0. The van der Waals surface area contributed by atoms with Crippen molar-refractivity contribution >= 4 is 23.2 Å². The minimum atomic E-state index is -0.154. The summed E-state index contributed by atoms with van der Waals surface area (Å²) in [6, 6.07) is 5.69. The van der Waals surface area contributed by atoms with Gasteiger partial charge in [-0.1, -0.05) is 0 Å². The fourth-order valence-corrected chi connectivity index (χ4v) is 2.50. The number of methoxy groups -OCH3 is 1. The molecular weight excluding hydrogens is 294 g/mol. The first-order chi connectivity index (χ1) is 11.0. The van der Waals surface area contributed by atoms with E-state index in [2.05, 4.69) is 15.3 Å². The van der Waals surface area contributed by atoms with Crippen LogP contribution >= 0.6 is 0 Å². The molecule has 0 unspecified atom stereocenters. The number of amides is 1. The minimum absolute atomic E-state index is 0.154. The Labute approximate surface area is 133 Å². The summed E-state index contributed by atoms with van der Waals surface area (Å²) in [5.74, 6) is 1.25. The predicted molar refractivity (Wildman–Crippen MR) is 88.4 cm³/mol. The van der Waals surface area contributed by atoms with Crippen LogP contribution in [0.3, 0.4) is 0 Å². The van der Waals surface area contributed by atoms with Crippen LogP contribution in [0.15, 0.2) is 30.6 Å². The van der Waals surface area contributed by atoms with Gasteiger partial charge in [0.15, 0.2) is 17.4 Å². The molecule has 3 N–H and O–H groups in total. The molecule has 7 heteroatoms. The molecule has 0 saturated carbocycles. The fraction of sp³-hybridized carbons (Fsp3) is 0.188. The van der Waals surface area contributed by atoms with E-state index in [1.54, 1.807) is 19.5 Å². The molecular formula is C16H17N5O2. The SMILES string of the molecule is COc1cc(-c2ccc3nc(NC(C)=O)cn3c2C)cnc1N. The van der Waals surface area contributed by atoms with Gasteiger partial charge in [0.1, 0.15) is 5.65 Å². The van der Waals surface area contributed by atoms with E-state index in [0.29, 0.717) is 17.4 Å². The summed E-state index contributed by atoms with van der Waals surface area (Å²) < 4.78 is 7.15. The number of rotatable bonds is 3.